The van der Waals surface area contributed by atoms with Crippen LogP contribution in [0.3, 0.4) is 0 Å². The van der Waals surface area contributed by atoms with E-state index in [1.165, 1.54) is 5.56 Å². The molecule has 1 aromatic rings. The minimum atomic E-state index is 0.191. The van der Waals surface area contributed by atoms with Crippen LogP contribution < -0.4 is 4.74 Å². The molecule has 1 saturated heterocycles. The molecule has 2 rings (SSSR count). The maximum atomic E-state index is 9.56. The lowest BCUT2D eigenvalue weighted by molar-refractivity contribution is 0.0455. The molecule has 0 aliphatic carbocycles. The highest BCUT2D eigenvalue weighted by Crippen LogP contribution is 2.25. The summed E-state index contributed by atoms with van der Waals surface area (Å²) < 4.78 is 5.93. The van der Waals surface area contributed by atoms with E-state index in [4.69, 9.17) is 4.74 Å². The summed E-state index contributed by atoms with van der Waals surface area (Å²) in [5.41, 5.74) is 1.25. The lowest BCUT2D eigenvalue weighted by Crippen LogP contribution is -2.51. The van der Waals surface area contributed by atoms with Gasteiger partial charge in [0, 0.05) is 31.3 Å². The molecule has 4 nitrogen and oxygen atoms in total. The van der Waals surface area contributed by atoms with E-state index in [-0.39, 0.29) is 12.7 Å². The van der Waals surface area contributed by atoms with Crippen molar-refractivity contribution in [1.82, 2.24) is 9.80 Å². The molecule has 0 bridgehead atoms. The first-order valence-corrected chi connectivity index (χ1v) is 8.25. The molecule has 0 spiro atoms. The Labute approximate surface area is 134 Å². The van der Waals surface area contributed by atoms with E-state index in [9.17, 15) is 5.11 Å². The van der Waals surface area contributed by atoms with Gasteiger partial charge in [-0.3, -0.25) is 4.90 Å². The van der Waals surface area contributed by atoms with Crippen LogP contribution in [0.2, 0.25) is 0 Å². The van der Waals surface area contributed by atoms with E-state index < -0.39 is 0 Å². The monoisotopic (exact) mass is 306 g/mol. The second-order valence-electron chi connectivity index (χ2n) is 6.77. The Kier molecular flexibility index (Phi) is 6.24. The molecular formula is C18H30N2O2. The van der Waals surface area contributed by atoms with Crippen LogP contribution in [0.1, 0.15) is 25.8 Å². The zero-order chi connectivity index (χ0) is 16.1. The first kappa shape index (κ1) is 17.3. The van der Waals surface area contributed by atoms with Gasteiger partial charge in [-0.2, -0.15) is 0 Å². The van der Waals surface area contributed by atoms with Gasteiger partial charge in [-0.1, -0.05) is 18.2 Å². The van der Waals surface area contributed by atoms with Gasteiger partial charge in [-0.05, 0) is 52.9 Å². The van der Waals surface area contributed by atoms with E-state index in [1.807, 2.05) is 6.07 Å². The minimum absolute atomic E-state index is 0.191. The average Bonchev–Trinajstić information content (AvgIpc) is 2.48. The average molecular weight is 306 g/mol. The summed E-state index contributed by atoms with van der Waals surface area (Å²) in [7, 11) is 4.21. The molecule has 0 saturated carbocycles. The molecule has 124 valence electrons. The van der Waals surface area contributed by atoms with Crippen molar-refractivity contribution in [2.75, 3.05) is 33.8 Å². The minimum Gasteiger partial charge on any atom is -0.491 e. The molecule has 0 unspecified atom stereocenters. The second kappa shape index (κ2) is 7.95. The van der Waals surface area contributed by atoms with Crippen LogP contribution in [0.15, 0.2) is 24.3 Å². The Hall–Kier alpha value is -1.10. The number of para-hydroxylation sites is 1. The number of ether oxygens (including phenoxy) is 1. The predicted molar refractivity (Wildman–Crippen MR) is 90.2 cm³/mol. The number of likely N-dealkylation sites (N-methyl/N-ethyl adjacent to an activating group) is 1. The maximum absolute atomic E-state index is 9.56. The quantitative estimate of drug-likeness (QED) is 0.874. The van der Waals surface area contributed by atoms with Crippen LogP contribution >= 0.6 is 0 Å². The molecule has 1 aliphatic rings. The number of hydrogen-bond donors (Lipinski definition) is 1. The summed E-state index contributed by atoms with van der Waals surface area (Å²) >= 11 is 0. The number of nitrogens with zero attached hydrogens (tertiary/aromatic N) is 2. The number of aliphatic hydroxyl groups excluding tert-OH is 1. The van der Waals surface area contributed by atoms with E-state index >= 15 is 0 Å². The Bertz CT molecular complexity index is 462. The van der Waals surface area contributed by atoms with E-state index in [0.29, 0.717) is 12.0 Å². The van der Waals surface area contributed by atoms with Crippen LogP contribution in [0.5, 0.6) is 5.75 Å². The molecule has 0 radical (unpaired) electrons. The van der Waals surface area contributed by atoms with Gasteiger partial charge in [0.2, 0.25) is 0 Å². The van der Waals surface area contributed by atoms with Gasteiger partial charge in [0.15, 0.2) is 0 Å². The van der Waals surface area contributed by atoms with Crippen molar-refractivity contribution < 1.29 is 9.84 Å². The maximum Gasteiger partial charge on any atom is 0.124 e. The van der Waals surface area contributed by atoms with Gasteiger partial charge in [-0.15, -0.1) is 0 Å². The van der Waals surface area contributed by atoms with Crippen LogP contribution in [-0.2, 0) is 6.54 Å². The third-order valence-corrected chi connectivity index (χ3v) is 4.43. The van der Waals surface area contributed by atoms with Crippen LogP contribution in [0, 0.1) is 5.92 Å². The summed E-state index contributed by atoms with van der Waals surface area (Å²) in [6, 6.07) is 8.73. The van der Waals surface area contributed by atoms with Crippen molar-refractivity contribution in [2.45, 2.75) is 39.0 Å². The van der Waals surface area contributed by atoms with Gasteiger partial charge in [0.1, 0.15) is 5.75 Å². The Morgan fingerprint density at radius 2 is 2.05 bits per heavy atom. The zero-order valence-corrected chi connectivity index (χ0v) is 14.3. The normalized spacial score (nSPS) is 23.2. The largest absolute Gasteiger partial charge is 0.491 e. The first-order valence-electron chi connectivity index (χ1n) is 8.25. The first-order chi connectivity index (χ1) is 10.5. The highest BCUT2D eigenvalue weighted by Gasteiger charge is 2.30. The molecule has 0 aromatic heterocycles. The molecule has 1 N–H and O–H groups in total. The van der Waals surface area contributed by atoms with Crippen molar-refractivity contribution in [3.63, 3.8) is 0 Å². The third kappa shape index (κ3) is 4.45. The Balaban J connectivity index is 2.05. The molecule has 2 atom stereocenters. The number of likely N-dealkylation sites (tertiary alicyclic amines) is 1. The van der Waals surface area contributed by atoms with Gasteiger partial charge >= 0.3 is 0 Å². The summed E-state index contributed by atoms with van der Waals surface area (Å²) in [6.45, 7) is 7.34. The van der Waals surface area contributed by atoms with Gasteiger partial charge in [-0.25, -0.2) is 0 Å². The molecular weight excluding hydrogens is 276 g/mol. The summed E-state index contributed by atoms with van der Waals surface area (Å²) in [4.78, 5) is 4.71. The van der Waals surface area contributed by atoms with Crippen LogP contribution in [0.25, 0.3) is 0 Å². The van der Waals surface area contributed by atoms with Crippen molar-refractivity contribution >= 4 is 0 Å². The predicted octanol–water partition coefficient (Wildman–Crippen LogP) is 2.22. The van der Waals surface area contributed by atoms with Gasteiger partial charge < -0.3 is 14.7 Å². The Morgan fingerprint density at radius 3 is 2.68 bits per heavy atom. The number of benzene rings is 1. The number of hydrogen-bond acceptors (Lipinski definition) is 4. The van der Waals surface area contributed by atoms with Gasteiger partial charge in [0.25, 0.3) is 0 Å². The number of rotatable bonds is 6. The molecule has 4 heteroatoms. The lowest BCUT2D eigenvalue weighted by Gasteiger charge is -2.41. The lowest BCUT2D eigenvalue weighted by atomic mass is 9.91. The smallest absolute Gasteiger partial charge is 0.124 e. The SMILES string of the molecule is CC(C)Oc1ccccc1CN1CC[C@H](CO)[C@H](N(C)C)C1. The fourth-order valence-electron chi connectivity index (χ4n) is 3.23. The van der Waals surface area contributed by atoms with Crippen molar-refractivity contribution in [3.8, 4) is 5.75 Å². The fraction of sp³-hybridized carbons (Fsp3) is 0.667. The highest BCUT2D eigenvalue weighted by molar-refractivity contribution is 5.33. The summed E-state index contributed by atoms with van der Waals surface area (Å²) in [5, 5.41) is 9.56. The van der Waals surface area contributed by atoms with Crippen LogP contribution in [-0.4, -0.2) is 60.8 Å². The number of piperidine rings is 1. The fourth-order valence-corrected chi connectivity index (χ4v) is 3.23. The van der Waals surface area contributed by atoms with E-state index in [2.05, 4.69) is 55.9 Å². The van der Waals surface area contributed by atoms with Crippen LogP contribution in [0.4, 0.5) is 0 Å². The van der Waals surface area contributed by atoms with Crippen molar-refractivity contribution in [3.05, 3.63) is 29.8 Å². The third-order valence-electron chi connectivity index (χ3n) is 4.43. The molecule has 0 amide bonds. The van der Waals surface area contributed by atoms with Crippen molar-refractivity contribution in [1.29, 1.82) is 0 Å². The summed E-state index contributed by atoms with van der Waals surface area (Å²) in [5.74, 6) is 1.37. The van der Waals surface area contributed by atoms with Gasteiger partial charge in [0.05, 0.1) is 6.10 Å². The second-order valence-corrected chi connectivity index (χ2v) is 6.77. The molecule has 1 aliphatic heterocycles. The highest BCUT2D eigenvalue weighted by atomic mass is 16.5. The Morgan fingerprint density at radius 1 is 1.32 bits per heavy atom. The molecule has 1 fully saturated rings. The molecule has 1 aromatic carbocycles. The van der Waals surface area contributed by atoms with E-state index in [0.717, 1.165) is 31.8 Å². The molecule has 1 heterocycles. The van der Waals surface area contributed by atoms with Crippen molar-refractivity contribution in [2.24, 2.45) is 5.92 Å². The summed E-state index contributed by atoms with van der Waals surface area (Å²) in [6.07, 6.45) is 1.24. The standard InChI is InChI=1S/C18H30N2O2/c1-14(2)22-18-8-6-5-7-15(18)11-20-10-9-16(13-21)17(12-20)19(3)4/h5-8,14,16-17,21H,9-13H2,1-4H3/t16-,17-/m1/s1. The zero-order valence-electron chi connectivity index (χ0n) is 14.3. The topological polar surface area (TPSA) is 35.9 Å². The molecule has 22 heavy (non-hydrogen) atoms. The number of aliphatic hydroxyl groups is 1. The van der Waals surface area contributed by atoms with E-state index in [1.54, 1.807) is 0 Å².